The van der Waals surface area contributed by atoms with Gasteiger partial charge in [-0.15, -0.1) is 0 Å². The van der Waals surface area contributed by atoms with Gasteiger partial charge in [-0.1, -0.05) is 213 Å². The van der Waals surface area contributed by atoms with Gasteiger partial charge in [0.1, 0.15) is 0 Å². The number of rotatable bonds is 39. The molecule has 0 aromatic rings. The third-order valence-electron chi connectivity index (χ3n) is 10.7. The van der Waals surface area contributed by atoms with Crippen LogP contribution in [0.5, 0.6) is 0 Å². The summed E-state index contributed by atoms with van der Waals surface area (Å²) in [5.41, 5.74) is 0. The summed E-state index contributed by atoms with van der Waals surface area (Å²) in [7, 11) is 2.62. The summed E-state index contributed by atoms with van der Waals surface area (Å²) >= 11 is 0. The molecule has 48 heavy (non-hydrogen) atoms. The van der Waals surface area contributed by atoms with Gasteiger partial charge in [-0.05, 0) is 38.5 Å². The van der Waals surface area contributed by atoms with Gasteiger partial charge in [-0.25, -0.2) is 0 Å². The fourth-order valence-corrected chi connectivity index (χ4v) is 7.34. The fourth-order valence-electron chi connectivity index (χ4n) is 7.34. The average molecular weight is 683 g/mol. The van der Waals surface area contributed by atoms with Crippen LogP contribution >= 0.6 is 0 Å². The standard InChI is InChI=1S/C43H90N.NO3/c1-5-8-11-14-17-20-23-26-29-32-35-38-41-44(4,42-39-36-33-30-27-24-21-18-15-12-9-6-2)43-40-37-34-31-28-25-22-19-16-13-10-7-3;2-1(3)4/h5-43H2,1-4H3;/q+1;-1. The van der Waals surface area contributed by atoms with Crippen molar-refractivity contribution < 1.29 is 9.57 Å². The van der Waals surface area contributed by atoms with Crippen LogP contribution in [0.2, 0.25) is 0 Å². The highest BCUT2D eigenvalue weighted by Crippen LogP contribution is 2.18. The molecule has 0 aromatic heterocycles. The number of unbranched alkanes of at least 4 members (excludes halogenated alkanes) is 33. The minimum atomic E-state index is -1.75. The first kappa shape index (κ1) is 49.3. The number of quaternary nitrogens is 1. The summed E-state index contributed by atoms with van der Waals surface area (Å²) < 4.78 is 1.37. The molecule has 0 rings (SSSR count). The SMILES string of the molecule is CCCCCCCCCCCCCC[N+](C)(CCCCCCCCCCCCCC)CCCCCCCCCCCCCC.O=[N+]([O-])[O-]. The van der Waals surface area contributed by atoms with E-state index in [0.29, 0.717) is 0 Å². The largest absolute Gasteiger partial charge is 0.356 e. The van der Waals surface area contributed by atoms with Crippen molar-refractivity contribution in [3.8, 4) is 0 Å². The zero-order chi connectivity index (χ0) is 35.7. The third-order valence-corrected chi connectivity index (χ3v) is 10.7. The summed E-state index contributed by atoms with van der Waals surface area (Å²) in [6.07, 6.45) is 52.7. The minimum Gasteiger partial charge on any atom is -0.356 e. The van der Waals surface area contributed by atoms with E-state index in [0.717, 1.165) is 0 Å². The maximum absolute atomic E-state index is 8.25. The van der Waals surface area contributed by atoms with E-state index in [4.69, 9.17) is 15.3 Å². The zero-order valence-corrected chi connectivity index (χ0v) is 33.7. The Bertz CT molecular complexity index is 527. The molecule has 0 saturated carbocycles. The Morgan fingerprint density at radius 1 is 0.312 bits per heavy atom. The van der Waals surface area contributed by atoms with Gasteiger partial charge >= 0.3 is 0 Å². The maximum atomic E-state index is 8.25. The molecule has 0 radical (unpaired) electrons. The number of hydrogen-bond acceptors (Lipinski definition) is 3. The molecule has 0 amide bonds. The molecule has 0 aliphatic heterocycles. The van der Waals surface area contributed by atoms with Crippen LogP contribution in [-0.2, 0) is 0 Å². The molecular formula is C43H90N2O3. The lowest BCUT2D eigenvalue weighted by atomic mass is 10.0. The van der Waals surface area contributed by atoms with E-state index < -0.39 is 5.09 Å². The minimum absolute atomic E-state index is 1.37. The first-order chi connectivity index (χ1) is 23.4. The Balaban J connectivity index is 0. The van der Waals surface area contributed by atoms with Crippen LogP contribution in [0.4, 0.5) is 0 Å². The van der Waals surface area contributed by atoms with E-state index in [1.165, 1.54) is 255 Å². The van der Waals surface area contributed by atoms with Gasteiger partial charge in [-0.2, -0.15) is 0 Å². The molecule has 0 heterocycles. The summed E-state index contributed by atoms with van der Waals surface area (Å²) in [6.45, 7) is 11.3. The van der Waals surface area contributed by atoms with E-state index in [1.54, 1.807) is 0 Å². The van der Waals surface area contributed by atoms with Crippen LogP contribution in [0.1, 0.15) is 252 Å². The van der Waals surface area contributed by atoms with Gasteiger partial charge in [0.15, 0.2) is 0 Å². The lowest BCUT2D eigenvalue weighted by molar-refractivity contribution is -0.910. The molecule has 5 heteroatoms. The summed E-state index contributed by atoms with van der Waals surface area (Å²) in [5.74, 6) is 0. The van der Waals surface area contributed by atoms with Gasteiger partial charge < -0.3 is 19.8 Å². The quantitative estimate of drug-likeness (QED) is 0.0280. The van der Waals surface area contributed by atoms with Crippen LogP contribution in [0.25, 0.3) is 0 Å². The van der Waals surface area contributed by atoms with E-state index in [9.17, 15) is 0 Å². The van der Waals surface area contributed by atoms with Crippen LogP contribution in [0, 0.1) is 15.3 Å². The molecule has 0 spiro atoms. The van der Waals surface area contributed by atoms with E-state index in [-0.39, 0.29) is 0 Å². The van der Waals surface area contributed by atoms with Crippen molar-refractivity contribution in [3.05, 3.63) is 15.3 Å². The van der Waals surface area contributed by atoms with Crippen LogP contribution < -0.4 is 0 Å². The van der Waals surface area contributed by atoms with Gasteiger partial charge in [0.05, 0.1) is 31.8 Å². The predicted molar refractivity (Wildman–Crippen MR) is 214 cm³/mol. The van der Waals surface area contributed by atoms with Crippen molar-refractivity contribution in [1.82, 2.24) is 0 Å². The summed E-state index contributed by atoms with van der Waals surface area (Å²) in [4.78, 5) is 8.25. The molecule has 5 nitrogen and oxygen atoms in total. The molecule has 290 valence electrons. The second kappa shape index (κ2) is 42.3. The maximum Gasteiger partial charge on any atom is 0.0784 e. The van der Waals surface area contributed by atoms with Crippen molar-refractivity contribution in [2.24, 2.45) is 0 Å². The number of nitrogens with zero attached hydrogens (tertiary/aromatic N) is 2. The van der Waals surface area contributed by atoms with Gasteiger partial charge in [0.2, 0.25) is 0 Å². The average Bonchev–Trinajstić information content (AvgIpc) is 3.06. The fraction of sp³-hybridized carbons (Fsp3) is 1.00. The summed E-state index contributed by atoms with van der Waals surface area (Å²) in [6, 6.07) is 0. The van der Waals surface area contributed by atoms with Gasteiger partial charge in [0.25, 0.3) is 0 Å². The first-order valence-electron chi connectivity index (χ1n) is 22.1. The summed E-state index contributed by atoms with van der Waals surface area (Å²) in [5, 5.41) is 14.8. The highest BCUT2D eigenvalue weighted by atomic mass is 16.9. The molecule has 0 aliphatic rings. The van der Waals surface area contributed by atoms with Gasteiger partial charge in [-0.3, -0.25) is 0 Å². The van der Waals surface area contributed by atoms with Crippen LogP contribution in [-0.4, -0.2) is 36.3 Å². The van der Waals surface area contributed by atoms with Crippen molar-refractivity contribution in [2.75, 3.05) is 26.7 Å². The van der Waals surface area contributed by atoms with Crippen molar-refractivity contribution >= 4 is 0 Å². The van der Waals surface area contributed by atoms with E-state index >= 15 is 0 Å². The Hall–Kier alpha value is -0.840. The molecule has 0 atom stereocenters. The predicted octanol–water partition coefficient (Wildman–Crippen LogP) is 15.3. The molecule has 0 aromatic carbocycles. The van der Waals surface area contributed by atoms with Gasteiger partial charge in [0, 0.05) is 0 Å². The number of hydrogen-bond donors (Lipinski definition) is 0. The topological polar surface area (TPSA) is 66.2 Å². The molecule has 0 fully saturated rings. The van der Waals surface area contributed by atoms with E-state index in [1.807, 2.05) is 0 Å². The van der Waals surface area contributed by atoms with Crippen molar-refractivity contribution in [1.29, 1.82) is 0 Å². The lowest BCUT2D eigenvalue weighted by Gasteiger charge is -2.35. The smallest absolute Gasteiger partial charge is 0.0784 e. The monoisotopic (exact) mass is 683 g/mol. The van der Waals surface area contributed by atoms with Crippen LogP contribution in [0.3, 0.4) is 0 Å². The second-order valence-electron chi connectivity index (χ2n) is 15.7. The lowest BCUT2D eigenvalue weighted by Crippen LogP contribution is -2.46. The highest BCUT2D eigenvalue weighted by molar-refractivity contribution is 4.54. The van der Waals surface area contributed by atoms with Crippen molar-refractivity contribution in [2.45, 2.75) is 252 Å². The van der Waals surface area contributed by atoms with Crippen molar-refractivity contribution in [3.63, 3.8) is 0 Å². The zero-order valence-electron chi connectivity index (χ0n) is 33.7. The molecule has 0 N–H and O–H groups in total. The highest BCUT2D eigenvalue weighted by Gasteiger charge is 2.20. The Morgan fingerprint density at radius 2 is 0.438 bits per heavy atom. The molecule has 0 saturated heterocycles. The molecule has 0 bridgehead atoms. The molecular weight excluding hydrogens is 592 g/mol. The Labute approximate surface area is 302 Å². The van der Waals surface area contributed by atoms with E-state index in [2.05, 4.69) is 27.8 Å². The normalized spacial score (nSPS) is 11.5. The Morgan fingerprint density at radius 3 is 0.583 bits per heavy atom. The Kier molecular flexibility index (Phi) is 43.4. The molecule has 0 aliphatic carbocycles. The second-order valence-corrected chi connectivity index (χ2v) is 15.7. The van der Waals surface area contributed by atoms with Crippen LogP contribution in [0.15, 0.2) is 0 Å². The third kappa shape index (κ3) is 45.2. The first-order valence-corrected chi connectivity index (χ1v) is 22.1. The molecule has 0 unspecified atom stereocenters.